The molecule has 176 valence electrons. The van der Waals surface area contributed by atoms with Crippen LogP contribution in [0.3, 0.4) is 0 Å². The van der Waals surface area contributed by atoms with Crippen LogP contribution in [-0.2, 0) is 25.8 Å². The van der Waals surface area contributed by atoms with Gasteiger partial charge >= 0.3 is 25.8 Å². The van der Waals surface area contributed by atoms with Gasteiger partial charge in [-0.25, -0.2) is 0 Å². The van der Waals surface area contributed by atoms with E-state index in [2.05, 4.69) is 35.1 Å². The number of rotatable bonds is 16. The van der Waals surface area contributed by atoms with Crippen LogP contribution in [0.25, 0.3) is 21.3 Å². The fourth-order valence-corrected chi connectivity index (χ4v) is 2.34. The summed E-state index contributed by atoms with van der Waals surface area (Å²) in [4.78, 5) is 0. The normalized spacial score (nSPS) is 9.10. The van der Waals surface area contributed by atoms with E-state index >= 15 is 0 Å². The summed E-state index contributed by atoms with van der Waals surface area (Å²) < 4.78 is 0. The van der Waals surface area contributed by atoms with E-state index in [9.17, 15) is 0 Å². The number of unbranched alkanes of at least 4 members (excludes halogenated alkanes) is 10. The molecule has 0 aromatic heterocycles. The van der Waals surface area contributed by atoms with Crippen LogP contribution in [0, 0.1) is 0 Å². The molecule has 0 fully saturated rings. The van der Waals surface area contributed by atoms with Crippen LogP contribution in [0.1, 0.15) is 105 Å². The Bertz CT molecular complexity index is 178. The Morgan fingerprint density at radius 1 is 0.414 bits per heavy atom. The summed E-state index contributed by atoms with van der Waals surface area (Å²) in [6.07, 6.45) is 16.6. The molecule has 0 aliphatic heterocycles. The topological polar surface area (TPSA) is 56.4 Å². The molecule has 0 unspecified atom stereocenters. The van der Waals surface area contributed by atoms with E-state index in [0.29, 0.717) is 0 Å². The van der Waals surface area contributed by atoms with Crippen molar-refractivity contribution in [2.75, 3.05) is 54.4 Å². The van der Waals surface area contributed by atoms with Gasteiger partial charge in [0.1, 0.15) is 0 Å². The molecule has 0 saturated heterocycles. The molecule has 0 amide bonds. The van der Waals surface area contributed by atoms with E-state index < -0.39 is 0 Å². The molecule has 0 spiro atoms. The summed E-state index contributed by atoms with van der Waals surface area (Å²) in [6.45, 7) is 12.8. The van der Waals surface area contributed by atoms with Crippen LogP contribution in [-0.4, -0.2) is 54.4 Å². The van der Waals surface area contributed by atoms with Gasteiger partial charge in [-0.1, -0.05) is 105 Å². The third-order valence-corrected chi connectivity index (χ3v) is 3.79. The first-order chi connectivity index (χ1) is 13.7. The monoisotopic (exact) mass is 580 g/mol. The van der Waals surface area contributed by atoms with Crippen molar-refractivity contribution in [1.29, 1.82) is 0 Å². The molecule has 4 nitrogen and oxygen atoms in total. The molecule has 0 aliphatic carbocycles. The first-order valence-corrected chi connectivity index (χ1v) is 11.9. The van der Waals surface area contributed by atoms with Crippen molar-refractivity contribution in [1.82, 2.24) is 0 Å². The second-order valence-electron chi connectivity index (χ2n) is 6.96. The molecular formula is C24H56HfN4. The molecule has 0 saturated carbocycles. The van der Waals surface area contributed by atoms with Gasteiger partial charge in [-0.2, -0.15) is 41.3 Å². The standard InChI is InChI=1S/C16H34N.C4H10N.2C2H6N.Hf/c1-3-5-7-9-11-13-15-17-16-14-12-10-8-6-4-2;1-3-5-4-2;2*1-3-2;/h3-16H2,1-2H3;3-4H2,1-2H3;2*1-2H3;/q4*-1;+4. The average Bonchev–Trinajstić information content (AvgIpc) is 2.68. The summed E-state index contributed by atoms with van der Waals surface area (Å²) >= 11 is 0. The average molecular weight is 579 g/mol. The summed E-state index contributed by atoms with van der Waals surface area (Å²) in [5.74, 6) is 0. The van der Waals surface area contributed by atoms with Gasteiger partial charge < -0.3 is 21.3 Å². The summed E-state index contributed by atoms with van der Waals surface area (Å²) in [5.41, 5.74) is 0. The minimum atomic E-state index is 0. The molecule has 0 rings (SSSR count). The van der Waals surface area contributed by atoms with Crippen molar-refractivity contribution in [3.8, 4) is 0 Å². The van der Waals surface area contributed by atoms with Gasteiger partial charge in [-0.3, -0.25) is 0 Å². The molecule has 0 bridgehead atoms. The summed E-state index contributed by atoms with van der Waals surface area (Å²) in [5, 5.41) is 15.6. The van der Waals surface area contributed by atoms with Crippen molar-refractivity contribution < 1.29 is 25.8 Å². The van der Waals surface area contributed by atoms with Crippen LogP contribution in [0.2, 0.25) is 0 Å². The van der Waals surface area contributed by atoms with Crippen molar-refractivity contribution in [3.63, 3.8) is 0 Å². The van der Waals surface area contributed by atoms with Gasteiger partial charge in [-0.15, -0.1) is 13.1 Å². The van der Waals surface area contributed by atoms with Gasteiger partial charge in [-0.05, 0) is 0 Å². The smallest absolute Gasteiger partial charge is 0.668 e. The van der Waals surface area contributed by atoms with E-state index in [0.717, 1.165) is 26.2 Å². The zero-order valence-electron chi connectivity index (χ0n) is 21.6. The Labute approximate surface area is 205 Å². The number of hydrogen-bond donors (Lipinski definition) is 0. The summed E-state index contributed by atoms with van der Waals surface area (Å²) in [6, 6.07) is 0. The van der Waals surface area contributed by atoms with E-state index in [1.807, 2.05) is 13.8 Å². The molecule has 0 radical (unpaired) electrons. The van der Waals surface area contributed by atoms with Gasteiger partial charge in [0.15, 0.2) is 0 Å². The molecule has 0 N–H and O–H groups in total. The van der Waals surface area contributed by atoms with Crippen molar-refractivity contribution in [2.45, 2.75) is 105 Å². The minimum Gasteiger partial charge on any atom is -0.668 e. The van der Waals surface area contributed by atoms with Crippen LogP contribution in [0.4, 0.5) is 0 Å². The van der Waals surface area contributed by atoms with Crippen molar-refractivity contribution in [3.05, 3.63) is 21.3 Å². The van der Waals surface area contributed by atoms with Gasteiger partial charge in [0, 0.05) is 0 Å². The van der Waals surface area contributed by atoms with Crippen molar-refractivity contribution >= 4 is 0 Å². The van der Waals surface area contributed by atoms with E-state index in [1.165, 1.54) is 77.0 Å². The Balaban J connectivity index is -0.000000132. The molecule has 29 heavy (non-hydrogen) atoms. The molecule has 0 heterocycles. The third-order valence-electron chi connectivity index (χ3n) is 3.79. The predicted octanol–water partition coefficient (Wildman–Crippen LogP) is 8.72. The maximum absolute atomic E-state index is 4.61. The fraction of sp³-hybridized carbons (Fsp3) is 1.00. The Hall–Kier alpha value is 0.710. The van der Waals surface area contributed by atoms with Gasteiger partial charge in [0.05, 0.1) is 0 Å². The predicted molar refractivity (Wildman–Crippen MR) is 135 cm³/mol. The Kier molecular flexibility index (Phi) is 71.1. The molecule has 0 aromatic rings. The first-order valence-electron chi connectivity index (χ1n) is 11.9. The Morgan fingerprint density at radius 3 is 0.931 bits per heavy atom. The summed E-state index contributed by atoms with van der Waals surface area (Å²) in [7, 11) is 7.00. The molecule has 0 aromatic carbocycles. The van der Waals surface area contributed by atoms with Crippen LogP contribution in [0.5, 0.6) is 0 Å². The van der Waals surface area contributed by atoms with Crippen molar-refractivity contribution in [2.24, 2.45) is 0 Å². The molecule has 0 atom stereocenters. The second kappa shape index (κ2) is 51.4. The zero-order chi connectivity index (χ0) is 22.1. The van der Waals surface area contributed by atoms with Gasteiger partial charge in [0.2, 0.25) is 0 Å². The quantitative estimate of drug-likeness (QED) is 0.130. The molecular weight excluding hydrogens is 523 g/mol. The van der Waals surface area contributed by atoms with Gasteiger partial charge in [0.25, 0.3) is 0 Å². The second-order valence-corrected chi connectivity index (χ2v) is 6.96. The van der Waals surface area contributed by atoms with Crippen LogP contribution in [0.15, 0.2) is 0 Å². The minimum absolute atomic E-state index is 0. The maximum atomic E-state index is 4.61. The number of hydrogen-bond acceptors (Lipinski definition) is 0. The molecule has 5 heteroatoms. The molecule has 0 aliphatic rings. The van der Waals surface area contributed by atoms with Crippen LogP contribution >= 0.6 is 0 Å². The zero-order valence-corrected chi connectivity index (χ0v) is 25.2. The Morgan fingerprint density at radius 2 is 0.690 bits per heavy atom. The largest absolute Gasteiger partial charge is 4.00 e. The fourth-order valence-electron chi connectivity index (χ4n) is 2.34. The van der Waals surface area contributed by atoms with E-state index in [4.69, 9.17) is 0 Å². The van der Waals surface area contributed by atoms with E-state index in [-0.39, 0.29) is 25.8 Å². The SMILES string of the molecule is CCCCCCCC[N-]CCCCCCCC.CC[N-]CC.C[N-]C.C[N-]C.[Hf+4]. The van der Waals surface area contributed by atoms with Crippen LogP contribution < -0.4 is 0 Å². The van der Waals surface area contributed by atoms with E-state index in [1.54, 1.807) is 28.2 Å². The first kappa shape index (κ1) is 40.1. The maximum Gasteiger partial charge on any atom is 4.00 e. The third kappa shape index (κ3) is 73.4. The number of nitrogens with zero attached hydrogens (tertiary/aromatic N) is 4.